The Balaban J connectivity index is 1.52. The second kappa shape index (κ2) is 12.2. The first kappa shape index (κ1) is 31.2. The Hall–Kier alpha value is -4.73. The number of amides is 2. The number of sulfonamides is 1. The van der Waals surface area contributed by atoms with E-state index in [9.17, 15) is 31.2 Å². The highest BCUT2D eigenvalue weighted by molar-refractivity contribution is 7.92. The van der Waals surface area contributed by atoms with E-state index in [0.717, 1.165) is 27.8 Å². The minimum absolute atomic E-state index is 0.0584. The van der Waals surface area contributed by atoms with Crippen molar-refractivity contribution in [2.24, 2.45) is 0 Å². The van der Waals surface area contributed by atoms with Gasteiger partial charge in [-0.15, -0.1) is 0 Å². The molecule has 0 aliphatic carbocycles. The number of anilines is 4. The van der Waals surface area contributed by atoms with Crippen LogP contribution in [0.4, 0.5) is 36.4 Å². The van der Waals surface area contributed by atoms with Crippen molar-refractivity contribution in [3.63, 3.8) is 0 Å². The molecule has 43 heavy (non-hydrogen) atoms. The highest BCUT2D eigenvalue weighted by Gasteiger charge is 2.35. The van der Waals surface area contributed by atoms with E-state index >= 15 is 0 Å². The molecule has 2 aromatic heterocycles. The molecule has 4 rings (SSSR count). The normalized spacial score (nSPS) is 12.8. The maximum absolute atomic E-state index is 13.8. The number of hydrogen-bond donors (Lipinski definition) is 2. The molecule has 2 amide bonds. The van der Waals surface area contributed by atoms with Gasteiger partial charge in [0.15, 0.2) is 0 Å². The summed E-state index contributed by atoms with van der Waals surface area (Å²) in [5.41, 5.74) is 1.42. The molecule has 12 nitrogen and oxygen atoms in total. The first-order valence-electron chi connectivity index (χ1n) is 12.8. The van der Waals surface area contributed by atoms with Crippen LogP contribution in [0.15, 0.2) is 55.4 Å². The average molecular weight is 619 g/mol. The number of rotatable bonds is 10. The van der Waals surface area contributed by atoms with Crippen molar-refractivity contribution in [3.8, 4) is 0 Å². The molecule has 0 saturated carbocycles. The van der Waals surface area contributed by atoms with Gasteiger partial charge in [-0.05, 0) is 35.4 Å². The van der Waals surface area contributed by atoms with E-state index in [4.69, 9.17) is 0 Å². The smallest absolute Gasteiger partial charge is 0.365 e. The van der Waals surface area contributed by atoms with Gasteiger partial charge in [-0.2, -0.15) is 18.2 Å². The Kier molecular flexibility index (Phi) is 8.89. The fraction of sp³-hybridized carbons (Fsp3) is 0.296. The van der Waals surface area contributed by atoms with E-state index < -0.39 is 27.6 Å². The minimum atomic E-state index is -4.77. The Bertz CT molecular complexity index is 1670. The molecule has 0 radical (unpaired) electrons. The highest BCUT2D eigenvalue weighted by atomic mass is 32.2. The maximum Gasteiger partial charge on any atom is 0.421 e. The fourth-order valence-corrected chi connectivity index (χ4v) is 4.76. The number of hydrogen-bond acceptors (Lipinski definition) is 9. The van der Waals surface area contributed by atoms with Gasteiger partial charge in [-0.3, -0.25) is 13.9 Å². The zero-order valence-corrected chi connectivity index (χ0v) is 24.3. The molecule has 1 aromatic carbocycles. The molecule has 1 aliphatic heterocycles. The lowest BCUT2D eigenvalue weighted by Gasteiger charge is -2.20. The molecule has 0 fully saturated rings. The molecule has 0 unspecified atom stereocenters. The van der Waals surface area contributed by atoms with Crippen molar-refractivity contribution in [2.75, 3.05) is 41.8 Å². The van der Waals surface area contributed by atoms with Gasteiger partial charge in [-0.25, -0.2) is 18.4 Å². The van der Waals surface area contributed by atoms with E-state index in [2.05, 4.69) is 32.2 Å². The summed E-state index contributed by atoms with van der Waals surface area (Å²) in [6, 6.07) is 8.30. The van der Waals surface area contributed by atoms with Crippen molar-refractivity contribution >= 4 is 45.1 Å². The lowest BCUT2D eigenvalue weighted by atomic mass is 10.1. The largest absolute Gasteiger partial charge is 0.421 e. The Labute approximate surface area is 246 Å². The lowest BCUT2D eigenvalue weighted by molar-refractivity contribution is -0.137. The van der Waals surface area contributed by atoms with Gasteiger partial charge in [0, 0.05) is 57.4 Å². The molecular weight excluding hydrogens is 589 g/mol. The lowest BCUT2D eigenvalue weighted by Crippen LogP contribution is -2.38. The van der Waals surface area contributed by atoms with Crippen LogP contribution in [-0.4, -0.2) is 71.9 Å². The predicted molar refractivity (Wildman–Crippen MR) is 154 cm³/mol. The summed E-state index contributed by atoms with van der Waals surface area (Å²) in [6.07, 6.45) is -0.623. The number of alkyl halides is 3. The average Bonchev–Trinajstić information content (AvgIpc) is 3.38. The summed E-state index contributed by atoms with van der Waals surface area (Å²) >= 11 is 0. The third-order valence-corrected chi connectivity index (χ3v) is 7.83. The summed E-state index contributed by atoms with van der Waals surface area (Å²) in [5.74, 6) is -1.19. The van der Waals surface area contributed by atoms with Crippen LogP contribution < -0.4 is 14.9 Å². The maximum atomic E-state index is 13.8. The standard InChI is InChI=1S/C27H29F3N8O4S/c1-5-22(39)36(2)16-23(40)38-14-18-8-9-20(11-19(18)15-38)34-26-33-13-21(27(28,29)30)24(35-26)32-12-17-7-6-10-31-25(17)37(3)43(4,41)42/h5-11,13H,1,12,14-16H2,2-4H3,(H2,32,33,34,35). The molecule has 0 spiro atoms. The number of halogens is 3. The van der Waals surface area contributed by atoms with E-state index in [1.54, 1.807) is 29.2 Å². The number of benzene rings is 1. The fourth-order valence-electron chi connectivity index (χ4n) is 4.29. The van der Waals surface area contributed by atoms with Gasteiger partial charge in [-0.1, -0.05) is 18.7 Å². The van der Waals surface area contributed by atoms with E-state index in [1.165, 1.54) is 31.3 Å². The van der Waals surface area contributed by atoms with E-state index in [-0.39, 0.29) is 43.2 Å². The summed E-state index contributed by atoms with van der Waals surface area (Å²) < 4.78 is 66.3. The van der Waals surface area contributed by atoms with E-state index in [0.29, 0.717) is 24.0 Å². The Morgan fingerprint density at radius 1 is 1.14 bits per heavy atom. The summed E-state index contributed by atoms with van der Waals surface area (Å²) in [7, 11) is -0.872. The van der Waals surface area contributed by atoms with Gasteiger partial charge >= 0.3 is 6.18 Å². The topological polar surface area (TPSA) is 141 Å². The zero-order valence-electron chi connectivity index (χ0n) is 23.5. The number of likely N-dealkylation sites (N-methyl/N-ethyl adjacent to an activating group) is 1. The van der Waals surface area contributed by atoms with Crippen LogP contribution in [0.2, 0.25) is 0 Å². The molecule has 0 atom stereocenters. The van der Waals surface area contributed by atoms with Gasteiger partial charge in [0.1, 0.15) is 17.2 Å². The van der Waals surface area contributed by atoms with Crippen LogP contribution >= 0.6 is 0 Å². The van der Waals surface area contributed by atoms with Crippen LogP contribution in [0.1, 0.15) is 22.3 Å². The molecule has 0 bridgehead atoms. The minimum Gasteiger partial charge on any atom is -0.365 e. The van der Waals surface area contributed by atoms with Crippen LogP contribution in [0, 0.1) is 0 Å². The summed E-state index contributed by atoms with van der Waals surface area (Å²) in [6.45, 7) is 3.73. The molecule has 0 saturated heterocycles. The summed E-state index contributed by atoms with van der Waals surface area (Å²) in [5, 5.41) is 5.55. The van der Waals surface area contributed by atoms with Crippen molar-refractivity contribution in [2.45, 2.75) is 25.8 Å². The third kappa shape index (κ3) is 7.38. The van der Waals surface area contributed by atoms with Crippen LogP contribution in [0.5, 0.6) is 0 Å². The number of fused-ring (bicyclic) bond motifs is 1. The van der Waals surface area contributed by atoms with Gasteiger partial charge in [0.2, 0.25) is 27.8 Å². The van der Waals surface area contributed by atoms with Crippen LogP contribution in [-0.2, 0) is 45.4 Å². The second-order valence-corrected chi connectivity index (χ2v) is 11.8. The van der Waals surface area contributed by atoms with Gasteiger partial charge in [0.05, 0.1) is 12.8 Å². The molecule has 228 valence electrons. The number of nitrogens with one attached hydrogen (secondary N) is 2. The molecule has 2 N–H and O–H groups in total. The van der Waals surface area contributed by atoms with Crippen molar-refractivity contribution in [1.82, 2.24) is 24.8 Å². The monoisotopic (exact) mass is 618 g/mol. The quantitative estimate of drug-likeness (QED) is 0.328. The first-order valence-corrected chi connectivity index (χ1v) is 14.6. The molecule has 16 heteroatoms. The molecular formula is C27H29F3N8O4S. The van der Waals surface area contributed by atoms with Crippen LogP contribution in [0.3, 0.4) is 0 Å². The van der Waals surface area contributed by atoms with Crippen LogP contribution in [0.25, 0.3) is 0 Å². The third-order valence-electron chi connectivity index (χ3n) is 6.66. The number of carbonyl (C=O) groups is 2. The van der Waals surface area contributed by atoms with Crippen molar-refractivity contribution in [1.29, 1.82) is 0 Å². The SMILES string of the molecule is C=CC(=O)N(C)CC(=O)N1Cc2ccc(Nc3ncc(C(F)(F)F)c(NCc4cccnc4N(C)S(C)(=O)=O)n3)cc2C1. The van der Waals surface area contributed by atoms with Crippen molar-refractivity contribution < 1.29 is 31.2 Å². The zero-order chi connectivity index (χ0) is 31.5. The molecule has 1 aliphatic rings. The number of aromatic nitrogens is 3. The van der Waals surface area contributed by atoms with Crippen molar-refractivity contribution in [3.05, 3.63) is 77.6 Å². The van der Waals surface area contributed by atoms with Gasteiger partial charge < -0.3 is 20.4 Å². The molecule has 3 aromatic rings. The second-order valence-electron chi connectivity index (χ2n) is 9.78. The first-order chi connectivity index (χ1) is 20.2. The van der Waals surface area contributed by atoms with E-state index in [1.807, 2.05) is 0 Å². The molecule has 3 heterocycles. The number of nitrogens with zero attached hydrogens (tertiary/aromatic N) is 6. The number of carbonyl (C=O) groups excluding carboxylic acids is 2. The Morgan fingerprint density at radius 3 is 2.53 bits per heavy atom. The predicted octanol–water partition coefficient (Wildman–Crippen LogP) is 3.13. The number of pyridine rings is 1. The summed E-state index contributed by atoms with van der Waals surface area (Å²) in [4.78, 5) is 39.2. The van der Waals surface area contributed by atoms with Gasteiger partial charge in [0.25, 0.3) is 0 Å². The highest BCUT2D eigenvalue weighted by Crippen LogP contribution is 2.35. The Morgan fingerprint density at radius 2 is 1.86 bits per heavy atom.